The van der Waals surface area contributed by atoms with Crippen LogP contribution in [0.1, 0.15) is 45.4 Å². The van der Waals surface area contributed by atoms with E-state index >= 15 is 0 Å². The molecule has 3 rings (SSSR count). The van der Waals surface area contributed by atoms with Crippen LogP contribution < -0.4 is 15.5 Å². The Morgan fingerprint density at radius 1 is 1.06 bits per heavy atom. The summed E-state index contributed by atoms with van der Waals surface area (Å²) < 4.78 is 47.2. The second-order valence-corrected chi connectivity index (χ2v) is 10.2. The molecule has 9 nitrogen and oxygen atoms in total. The van der Waals surface area contributed by atoms with Gasteiger partial charge in [-0.05, 0) is 67.8 Å². The number of halogens is 1. The molecule has 1 aliphatic rings. The van der Waals surface area contributed by atoms with Crippen molar-refractivity contribution in [3.05, 3.63) is 54.3 Å². The van der Waals surface area contributed by atoms with Crippen molar-refractivity contribution in [3.8, 4) is 11.5 Å². The smallest absolute Gasteiger partial charge is 0.264 e. The number of carbonyl (C=O) groups excluding carboxylic acids is 2. The molecule has 35 heavy (non-hydrogen) atoms. The molecule has 1 saturated carbocycles. The third-order valence-electron chi connectivity index (χ3n) is 6.01. The zero-order valence-corrected chi connectivity index (χ0v) is 20.3. The van der Waals surface area contributed by atoms with Gasteiger partial charge in [-0.25, -0.2) is 18.3 Å². The van der Waals surface area contributed by atoms with E-state index in [0.717, 1.165) is 10.7 Å². The van der Waals surface area contributed by atoms with E-state index in [2.05, 4.69) is 5.32 Å². The number of hydrogen-bond acceptors (Lipinski definition) is 6. The van der Waals surface area contributed by atoms with E-state index in [1.807, 2.05) is 6.92 Å². The van der Waals surface area contributed by atoms with Gasteiger partial charge < -0.3 is 10.1 Å². The van der Waals surface area contributed by atoms with Crippen molar-refractivity contribution in [2.75, 3.05) is 13.1 Å². The van der Waals surface area contributed by atoms with E-state index < -0.39 is 27.3 Å². The first kappa shape index (κ1) is 26.6. The van der Waals surface area contributed by atoms with E-state index in [1.54, 1.807) is 5.48 Å². The molecule has 1 aliphatic carbocycles. The first-order valence-electron chi connectivity index (χ1n) is 11.5. The van der Waals surface area contributed by atoms with Crippen LogP contribution in [0.15, 0.2) is 53.4 Å². The predicted octanol–water partition coefficient (Wildman–Crippen LogP) is 3.34. The fraction of sp³-hybridized carbons (Fsp3) is 0.417. The SMILES string of the molecule is CCCNC(=O)CCN(C1(C(=O)NO)CCCC1)S(=O)(=O)c1ccc(Oc2ccc(F)cc2)cc1. The van der Waals surface area contributed by atoms with Gasteiger partial charge in [0, 0.05) is 19.5 Å². The zero-order valence-electron chi connectivity index (χ0n) is 19.5. The molecule has 2 aromatic carbocycles. The summed E-state index contributed by atoms with van der Waals surface area (Å²) in [5.41, 5.74) is 0.124. The summed E-state index contributed by atoms with van der Waals surface area (Å²) in [6.07, 6.45) is 2.25. The quantitative estimate of drug-likeness (QED) is 0.316. The average Bonchev–Trinajstić information content (AvgIpc) is 3.34. The number of ether oxygens (including phenoxy) is 1. The minimum Gasteiger partial charge on any atom is -0.457 e. The largest absolute Gasteiger partial charge is 0.457 e. The van der Waals surface area contributed by atoms with E-state index in [-0.39, 0.29) is 36.6 Å². The molecule has 0 radical (unpaired) electrons. The lowest BCUT2D eigenvalue weighted by Crippen LogP contribution is -2.59. The highest BCUT2D eigenvalue weighted by Crippen LogP contribution is 2.39. The maximum atomic E-state index is 13.7. The van der Waals surface area contributed by atoms with Gasteiger partial charge in [-0.3, -0.25) is 14.8 Å². The van der Waals surface area contributed by atoms with Crippen LogP contribution >= 0.6 is 0 Å². The molecular formula is C24H30FN3O6S. The Kier molecular flexibility index (Phi) is 8.82. The molecule has 2 amide bonds. The third kappa shape index (κ3) is 6.16. The Morgan fingerprint density at radius 3 is 2.17 bits per heavy atom. The molecule has 0 heterocycles. The lowest BCUT2D eigenvalue weighted by molar-refractivity contribution is -0.139. The second-order valence-electron chi connectivity index (χ2n) is 8.38. The number of hydroxylamine groups is 1. The third-order valence-corrected chi connectivity index (χ3v) is 7.99. The Morgan fingerprint density at radius 2 is 1.63 bits per heavy atom. The molecule has 11 heteroatoms. The molecule has 0 atom stereocenters. The van der Waals surface area contributed by atoms with E-state index in [9.17, 15) is 27.6 Å². The Hall–Kier alpha value is -3.02. The molecule has 0 aromatic heterocycles. The highest BCUT2D eigenvalue weighted by Gasteiger charge is 2.51. The van der Waals surface area contributed by atoms with Crippen LogP contribution in [0, 0.1) is 5.82 Å². The molecule has 0 aliphatic heterocycles. The van der Waals surface area contributed by atoms with Crippen LogP contribution in [0.2, 0.25) is 0 Å². The number of amides is 2. The standard InChI is InChI=1S/C24H30FN3O6S/c1-2-16-26-22(29)13-17-28(24(23(30)27-31)14-3-4-15-24)35(32,33)21-11-9-20(10-12-21)34-19-7-5-18(25)6-8-19/h5-12,31H,2-4,13-17H2,1H3,(H,26,29)(H,27,30). The summed E-state index contributed by atoms with van der Waals surface area (Å²) in [6, 6.07) is 11.0. The van der Waals surface area contributed by atoms with Crippen LogP contribution in [0.4, 0.5) is 4.39 Å². The second kappa shape index (κ2) is 11.6. The summed E-state index contributed by atoms with van der Waals surface area (Å²) in [5.74, 6) is -0.831. The van der Waals surface area contributed by atoms with Crippen molar-refractivity contribution in [1.82, 2.24) is 15.1 Å². The maximum absolute atomic E-state index is 13.7. The highest BCUT2D eigenvalue weighted by molar-refractivity contribution is 7.89. The summed E-state index contributed by atoms with van der Waals surface area (Å²) in [5, 5.41) is 12.1. The Labute approximate surface area is 204 Å². The summed E-state index contributed by atoms with van der Waals surface area (Å²) >= 11 is 0. The number of nitrogens with one attached hydrogen (secondary N) is 2. The van der Waals surface area contributed by atoms with Gasteiger partial charge in [0.15, 0.2) is 0 Å². The van der Waals surface area contributed by atoms with Gasteiger partial charge in [0.05, 0.1) is 4.90 Å². The Balaban J connectivity index is 1.89. The topological polar surface area (TPSA) is 125 Å². The first-order valence-corrected chi connectivity index (χ1v) is 12.9. The molecule has 0 unspecified atom stereocenters. The van der Waals surface area contributed by atoms with E-state index in [1.165, 1.54) is 48.5 Å². The van der Waals surface area contributed by atoms with Crippen molar-refractivity contribution in [1.29, 1.82) is 0 Å². The molecular weight excluding hydrogens is 477 g/mol. The summed E-state index contributed by atoms with van der Waals surface area (Å²) in [7, 11) is -4.23. The minimum atomic E-state index is -4.23. The molecule has 3 N–H and O–H groups in total. The van der Waals surface area contributed by atoms with Crippen LogP contribution in [0.3, 0.4) is 0 Å². The summed E-state index contributed by atoms with van der Waals surface area (Å²) in [4.78, 5) is 24.9. The Bertz CT molecular complexity index is 1120. The minimum absolute atomic E-state index is 0.0880. The van der Waals surface area contributed by atoms with Crippen LogP contribution in [0.5, 0.6) is 11.5 Å². The van der Waals surface area contributed by atoms with Crippen molar-refractivity contribution >= 4 is 21.8 Å². The van der Waals surface area contributed by atoms with Crippen LogP contribution in [-0.2, 0) is 19.6 Å². The lowest BCUT2D eigenvalue weighted by atomic mass is 9.96. The van der Waals surface area contributed by atoms with Crippen LogP contribution in [0.25, 0.3) is 0 Å². The van der Waals surface area contributed by atoms with Gasteiger partial charge in [-0.1, -0.05) is 19.8 Å². The molecule has 0 spiro atoms. The van der Waals surface area contributed by atoms with Gasteiger partial charge in [-0.15, -0.1) is 0 Å². The van der Waals surface area contributed by atoms with Gasteiger partial charge in [0.2, 0.25) is 15.9 Å². The molecule has 190 valence electrons. The average molecular weight is 508 g/mol. The van der Waals surface area contributed by atoms with Crippen molar-refractivity contribution < 1.29 is 32.3 Å². The van der Waals surface area contributed by atoms with Crippen molar-refractivity contribution in [2.45, 2.75) is 55.9 Å². The maximum Gasteiger partial charge on any atom is 0.264 e. The first-order chi connectivity index (χ1) is 16.7. The fourth-order valence-electron chi connectivity index (χ4n) is 4.22. The molecule has 0 bridgehead atoms. The van der Waals surface area contributed by atoms with Crippen molar-refractivity contribution in [3.63, 3.8) is 0 Å². The number of hydrogen-bond donors (Lipinski definition) is 3. The van der Waals surface area contributed by atoms with Gasteiger partial charge in [-0.2, -0.15) is 4.31 Å². The summed E-state index contributed by atoms with van der Waals surface area (Å²) in [6.45, 7) is 2.14. The lowest BCUT2D eigenvalue weighted by Gasteiger charge is -2.38. The van der Waals surface area contributed by atoms with Gasteiger partial charge in [0.25, 0.3) is 5.91 Å². The number of nitrogens with zero attached hydrogens (tertiary/aromatic N) is 1. The normalized spacial score (nSPS) is 15.1. The number of rotatable bonds is 11. The molecule has 2 aromatic rings. The van der Waals surface area contributed by atoms with Crippen molar-refractivity contribution in [2.24, 2.45) is 0 Å². The molecule has 0 saturated heterocycles. The van der Waals surface area contributed by atoms with Crippen LogP contribution in [-0.4, -0.2) is 48.4 Å². The number of benzene rings is 2. The van der Waals surface area contributed by atoms with Gasteiger partial charge in [0.1, 0.15) is 22.9 Å². The zero-order chi connectivity index (χ0) is 25.5. The highest BCUT2D eigenvalue weighted by atomic mass is 32.2. The fourth-order valence-corrected chi connectivity index (χ4v) is 6.01. The van der Waals surface area contributed by atoms with E-state index in [4.69, 9.17) is 4.74 Å². The monoisotopic (exact) mass is 507 g/mol. The van der Waals surface area contributed by atoms with Gasteiger partial charge >= 0.3 is 0 Å². The van der Waals surface area contributed by atoms with E-state index in [0.29, 0.717) is 30.9 Å². The number of carbonyl (C=O) groups is 2. The number of sulfonamides is 1. The predicted molar refractivity (Wildman–Crippen MR) is 126 cm³/mol. The molecule has 1 fully saturated rings.